The fraction of sp³-hybridized carbons (Fsp3) is 0.188. The second kappa shape index (κ2) is 4.62. The average Bonchev–Trinajstić information content (AvgIpc) is 2.81. The van der Waals surface area contributed by atoms with Crippen LogP contribution in [0.15, 0.2) is 42.6 Å². The van der Waals surface area contributed by atoms with Gasteiger partial charge in [-0.2, -0.15) is 18.3 Å². The maximum atomic E-state index is 13.1. The number of rotatable bonds is 1. The van der Waals surface area contributed by atoms with E-state index in [1.165, 1.54) is 12.1 Å². The van der Waals surface area contributed by atoms with E-state index in [-0.39, 0.29) is 5.56 Å². The minimum Gasteiger partial charge on any atom is -0.240 e. The first-order chi connectivity index (χ1) is 9.86. The van der Waals surface area contributed by atoms with E-state index in [0.29, 0.717) is 5.69 Å². The molecule has 0 saturated carbocycles. The van der Waals surface area contributed by atoms with Crippen LogP contribution in [0.3, 0.4) is 0 Å². The number of aryl methyl sites for hydroxylation is 2. The smallest absolute Gasteiger partial charge is 0.240 e. The molecule has 21 heavy (non-hydrogen) atoms. The minimum absolute atomic E-state index is 0.101. The lowest BCUT2D eigenvalue weighted by atomic mass is 10.0. The first kappa shape index (κ1) is 13.7. The lowest BCUT2D eigenvalue weighted by Crippen LogP contribution is -2.07. The minimum atomic E-state index is -4.39. The number of aromatic nitrogens is 2. The lowest BCUT2D eigenvalue weighted by Gasteiger charge is -2.10. The lowest BCUT2D eigenvalue weighted by molar-refractivity contribution is -0.137. The molecule has 0 unspecified atom stereocenters. The summed E-state index contributed by atoms with van der Waals surface area (Å²) in [6.07, 6.45) is -2.57. The molecule has 2 heterocycles. The van der Waals surface area contributed by atoms with Gasteiger partial charge in [0, 0.05) is 11.8 Å². The molecule has 0 aliphatic rings. The van der Waals surface area contributed by atoms with E-state index >= 15 is 0 Å². The highest BCUT2D eigenvalue weighted by Crippen LogP contribution is 2.36. The van der Waals surface area contributed by atoms with Gasteiger partial charge < -0.3 is 0 Å². The standard InChI is InChI=1S/C16H13F3N2/c1-10-7-12-8-15(20-21(12)9-11(10)2)13-5-3-4-6-14(13)16(17,18)19/h3-9H,1-2H3. The summed E-state index contributed by atoms with van der Waals surface area (Å²) in [6, 6.07) is 9.10. The van der Waals surface area contributed by atoms with E-state index in [1.807, 2.05) is 26.1 Å². The molecule has 1 aromatic carbocycles. The zero-order chi connectivity index (χ0) is 15.2. The predicted molar refractivity (Wildman–Crippen MR) is 75.1 cm³/mol. The third-order valence-corrected chi connectivity index (χ3v) is 3.58. The Labute approximate surface area is 119 Å². The molecule has 0 atom stereocenters. The van der Waals surface area contributed by atoms with Crippen molar-refractivity contribution in [1.29, 1.82) is 0 Å². The molecule has 3 rings (SSSR count). The number of fused-ring (bicyclic) bond motifs is 1. The summed E-state index contributed by atoms with van der Waals surface area (Å²) in [4.78, 5) is 0. The van der Waals surface area contributed by atoms with Crippen LogP contribution in [0.1, 0.15) is 16.7 Å². The highest BCUT2D eigenvalue weighted by atomic mass is 19.4. The van der Waals surface area contributed by atoms with Crippen LogP contribution in [0, 0.1) is 13.8 Å². The van der Waals surface area contributed by atoms with Gasteiger partial charge in [-0.1, -0.05) is 18.2 Å². The van der Waals surface area contributed by atoms with Gasteiger partial charge >= 0.3 is 6.18 Å². The van der Waals surface area contributed by atoms with Gasteiger partial charge in [0.05, 0.1) is 16.8 Å². The maximum absolute atomic E-state index is 13.1. The molecule has 0 spiro atoms. The Morgan fingerprint density at radius 1 is 1.00 bits per heavy atom. The van der Waals surface area contributed by atoms with Gasteiger partial charge in [0.15, 0.2) is 0 Å². The van der Waals surface area contributed by atoms with Crippen LogP contribution in [0.4, 0.5) is 13.2 Å². The van der Waals surface area contributed by atoms with Gasteiger partial charge in [-0.3, -0.25) is 0 Å². The summed E-state index contributed by atoms with van der Waals surface area (Å²) < 4.78 is 40.9. The predicted octanol–water partition coefficient (Wildman–Crippen LogP) is 4.64. The first-order valence-electron chi connectivity index (χ1n) is 6.49. The zero-order valence-corrected chi connectivity index (χ0v) is 11.6. The fourth-order valence-electron chi connectivity index (χ4n) is 2.33. The molecular weight excluding hydrogens is 277 g/mol. The molecule has 5 heteroatoms. The molecule has 0 bridgehead atoms. The van der Waals surface area contributed by atoms with Gasteiger partial charge in [-0.05, 0) is 43.2 Å². The van der Waals surface area contributed by atoms with Crippen LogP contribution in [0.5, 0.6) is 0 Å². The van der Waals surface area contributed by atoms with Crippen LogP contribution < -0.4 is 0 Å². The molecule has 0 saturated heterocycles. The largest absolute Gasteiger partial charge is 0.417 e. The van der Waals surface area contributed by atoms with Crippen LogP contribution in [-0.4, -0.2) is 9.61 Å². The Balaban J connectivity index is 2.22. The normalized spacial score (nSPS) is 12.0. The third kappa shape index (κ3) is 2.39. The Bertz CT molecular complexity index is 777. The van der Waals surface area contributed by atoms with Crippen molar-refractivity contribution in [3.63, 3.8) is 0 Å². The van der Waals surface area contributed by atoms with E-state index in [0.717, 1.165) is 22.7 Å². The zero-order valence-electron chi connectivity index (χ0n) is 11.6. The van der Waals surface area contributed by atoms with Crippen molar-refractivity contribution < 1.29 is 13.2 Å². The highest BCUT2D eigenvalue weighted by molar-refractivity contribution is 5.70. The SMILES string of the molecule is Cc1cc2cc(-c3ccccc3C(F)(F)F)nn2cc1C. The number of hydrogen-bond donors (Lipinski definition) is 0. The fourth-order valence-corrected chi connectivity index (χ4v) is 2.33. The van der Waals surface area contributed by atoms with Crippen molar-refractivity contribution in [2.24, 2.45) is 0 Å². The van der Waals surface area contributed by atoms with E-state index < -0.39 is 11.7 Å². The summed E-state index contributed by atoms with van der Waals surface area (Å²) in [5.41, 5.74) is 2.67. The van der Waals surface area contributed by atoms with Crippen molar-refractivity contribution >= 4 is 5.52 Å². The van der Waals surface area contributed by atoms with Crippen LogP contribution in [0.2, 0.25) is 0 Å². The molecule has 0 amide bonds. The van der Waals surface area contributed by atoms with Crippen LogP contribution in [0.25, 0.3) is 16.8 Å². The molecule has 0 radical (unpaired) electrons. The Hall–Kier alpha value is -2.30. The van der Waals surface area contributed by atoms with Gasteiger partial charge in [-0.15, -0.1) is 0 Å². The second-order valence-electron chi connectivity index (χ2n) is 5.08. The number of hydrogen-bond acceptors (Lipinski definition) is 1. The van der Waals surface area contributed by atoms with Crippen molar-refractivity contribution in [3.05, 3.63) is 59.3 Å². The summed E-state index contributed by atoms with van der Waals surface area (Å²) >= 11 is 0. The molecule has 3 aromatic rings. The summed E-state index contributed by atoms with van der Waals surface area (Å²) in [5, 5.41) is 4.28. The molecular formula is C16H13F3N2. The summed E-state index contributed by atoms with van der Waals surface area (Å²) in [7, 11) is 0. The number of halogens is 3. The topological polar surface area (TPSA) is 17.3 Å². The summed E-state index contributed by atoms with van der Waals surface area (Å²) in [6.45, 7) is 3.91. The van der Waals surface area contributed by atoms with Crippen LogP contribution >= 0.6 is 0 Å². The molecule has 2 aromatic heterocycles. The van der Waals surface area contributed by atoms with Crippen LogP contribution in [-0.2, 0) is 6.18 Å². The Morgan fingerprint density at radius 3 is 2.43 bits per heavy atom. The first-order valence-corrected chi connectivity index (χ1v) is 6.49. The van der Waals surface area contributed by atoms with Crippen molar-refractivity contribution in [3.8, 4) is 11.3 Å². The summed E-state index contributed by atoms with van der Waals surface area (Å²) in [5.74, 6) is 0. The number of pyridine rings is 1. The number of alkyl halides is 3. The van der Waals surface area contributed by atoms with Gasteiger partial charge in [0.2, 0.25) is 0 Å². The molecule has 0 aliphatic heterocycles. The van der Waals surface area contributed by atoms with Crippen molar-refractivity contribution in [2.45, 2.75) is 20.0 Å². The van der Waals surface area contributed by atoms with Gasteiger partial charge in [-0.25, -0.2) is 4.52 Å². The second-order valence-corrected chi connectivity index (χ2v) is 5.08. The monoisotopic (exact) mass is 290 g/mol. The number of nitrogens with zero attached hydrogens (tertiary/aromatic N) is 2. The quantitative estimate of drug-likeness (QED) is 0.638. The maximum Gasteiger partial charge on any atom is 0.417 e. The van der Waals surface area contributed by atoms with E-state index in [1.54, 1.807) is 16.6 Å². The highest BCUT2D eigenvalue weighted by Gasteiger charge is 2.33. The Kier molecular flexibility index (Phi) is 3.01. The van der Waals surface area contributed by atoms with Crippen molar-refractivity contribution in [1.82, 2.24) is 9.61 Å². The molecule has 0 aliphatic carbocycles. The molecule has 108 valence electrons. The van der Waals surface area contributed by atoms with E-state index in [9.17, 15) is 13.2 Å². The van der Waals surface area contributed by atoms with E-state index in [2.05, 4.69) is 5.10 Å². The molecule has 0 fully saturated rings. The van der Waals surface area contributed by atoms with Crippen molar-refractivity contribution in [2.75, 3.05) is 0 Å². The van der Waals surface area contributed by atoms with E-state index in [4.69, 9.17) is 0 Å². The molecule has 2 nitrogen and oxygen atoms in total. The van der Waals surface area contributed by atoms with Gasteiger partial charge in [0.25, 0.3) is 0 Å². The average molecular weight is 290 g/mol. The molecule has 0 N–H and O–H groups in total. The third-order valence-electron chi connectivity index (χ3n) is 3.58. The Morgan fingerprint density at radius 2 is 1.71 bits per heavy atom. The van der Waals surface area contributed by atoms with Gasteiger partial charge in [0.1, 0.15) is 0 Å². The number of benzene rings is 1.